The molecule has 0 saturated heterocycles. The third-order valence-corrected chi connectivity index (χ3v) is 6.13. The fourth-order valence-electron chi connectivity index (χ4n) is 3.97. The van der Waals surface area contributed by atoms with Gasteiger partial charge >= 0.3 is 6.18 Å². The molecule has 0 radical (unpaired) electrons. The summed E-state index contributed by atoms with van der Waals surface area (Å²) >= 11 is 0. The highest BCUT2D eigenvalue weighted by molar-refractivity contribution is 5.95. The summed E-state index contributed by atoms with van der Waals surface area (Å²) in [5, 5.41) is 7.40. The highest BCUT2D eigenvalue weighted by atomic mass is 19.4. The lowest BCUT2D eigenvalue weighted by Gasteiger charge is -2.14. The van der Waals surface area contributed by atoms with Gasteiger partial charge in [0, 0.05) is 43.1 Å². The van der Waals surface area contributed by atoms with Crippen LogP contribution < -0.4 is 20.7 Å². The summed E-state index contributed by atoms with van der Waals surface area (Å²) in [7, 11) is 1.27. The van der Waals surface area contributed by atoms with Crippen molar-refractivity contribution in [2.75, 3.05) is 29.7 Å². The van der Waals surface area contributed by atoms with Crippen LogP contribution in [0.1, 0.15) is 36.8 Å². The van der Waals surface area contributed by atoms with E-state index in [-0.39, 0.29) is 54.1 Å². The monoisotopic (exact) mass is 588 g/mol. The van der Waals surface area contributed by atoms with Crippen LogP contribution in [0.3, 0.4) is 0 Å². The average Bonchev–Trinajstić information content (AvgIpc) is 3.76. The molecule has 1 aromatic heterocycles. The maximum absolute atomic E-state index is 14.7. The molecule has 9 nitrogen and oxygen atoms in total. The van der Waals surface area contributed by atoms with Crippen molar-refractivity contribution in [3.63, 3.8) is 0 Å². The van der Waals surface area contributed by atoms with Gasteiger partial charge in [-0.05, 0) is 67.6 Å². The Labute approximate surface area is 238 Å². The fraction of sp³-hybridized carbons (Fsp3) is 0.310. The maximum atomic E-state index is 14.7. The van der Waals surface area contributed by atoms with Gasteiger partial charge in [0.2, 0.25) is 17.7 Å². The van der Waals surface area contributed by atoms with Crippen LogP contribution in [0.15, 0.2) is 54.7 Å². The number of methoxy groups -OCH3 is 1. The summed E-state index contributed by atoms with van der Waals surface area (Å²) in [6.45, 7) is -0.351. The van der Waals surface area contributed by atoms with Gasteiger partial charge in [0.25, 0.3) is 0 Å². The highest BCUT2D eigenvalue weighted by Gasteiger charge is 2.32. The molecule has 1 heterocycles. The first kappa shape index (κ1) is 30.4. The van der Waals surface area contributed by atoms with E-state index < -0.39 is 29.4 Å². The Morgan fingerprint density at radius 3 is 2.31 bits per heavy atom. The third-order valence-electron chi connectivity index (χ3n) is 6.13. The van der Waals surface area contributed by atoms with Crippen LogP contribution in [0.4, 0.5) is 34.8 Å². The van der Waals surface area contributed by atoms with Gasteiger partial charge in [-0.15, -0.1) is 0 Å². The summed E-state index contributed by atoms with van der Waals surface area (Å²) in [6, 6.07) is 10.1. The number of nitrogens with one attached hydrogen (secondary N) is 3. The molecule has 0 atom stereocenters. The van der Waals surface area contributed by atoms with Gasteiger partial charge < -0.3 is 25.4 Å². The average molecular weight is 589 g/mol. The molecule has 42 heavy (non-hydrogen) atoms. The lowest BCUT2D eigenvalue weighted by atomic mass is 10.1. The smallest absolute Gasteiger partial charge is 0.416 e. The highest BCUT2D eigenvalue weighted by Crippen LogP contribution is 2.34. The first-order chi connectivity index (χ1) is 20.0. The molecule has 1 saturated carbocycles. The SMILES string of the molecule is COCC(=O)Nc1cc(NC(=O)CCCc2ccc(Oc3ccnc(NC(=O)C4CC4)c3)c(F)c2)cc(C(F)(F)F)c1. The molecule has 2 aromatic carbocycles. The van der Waals surface area contributed by atoms with E-state index in [9.17, 15) is 31.9 Å². The standard InChI is InChI=1S/C29H28F4N4O5/c1-41-16-27(39)36-21-13-19(29(31,32)33)12-20(14-21)35-26(38)4-2-3-17-5-8-24(23(30)11-17)42-22-9-10-34-25(15-22)37-28(40)18-6-7-18/h5,8-15,18H,2-4,6-7,16H2,1H3,(H,35,38)(H,36,39)(H,34,37,40). The number of pyridine rings is 1. The Morgan fingerprint density at radius 1 is 0.952 bits per heavy atom. The van der Waals surface area contributed by atoms with Crippen LogP contribution >= 0.6 is 0 Å². The predicted molar refractivity (Wildman–Crippen MR) is 146 cm³/mol. The predicted octanol–water partition coefficient (Wildman–Crippen LogP) is 5.93. The van der Waals surface area contributed by atoms with Gasteiger partial charge in [0.15, 0.2) is 11.6 Å². The van der Waals surface area contributed by atoms with E-state index in [1.54, 1.807) is 6.07 Å². The minimum absolute atomic E-state index is 0.00126. The maximum Gasteiger partial charge on any atom is 0.416 e. The van der Waals surface area contributed by atoms with E-state index in [2.05, 4.69) is 25.7 Å². The largest absolute Gasteiger partial charge is 0.454 e. The molecular weight excluding hydrogens is 560 g/mol. The van der Waals surface area contributed by atoms with E-state index in [1.165, 1.54) is 43.6 Å². The second kappa shape index (κ2) is 13.4. The number of halogens is 4. The van der Waals surface area contributed by atoms with E-state index >= 15 is 0 Å². The second-order valence-electron chi connectivity index (χ2n) is 9.69. The van der Waals surface area contributed by atoms with Crippen molar-refractivity contribution >= 4 is 34.9 Å². The van der Waals surface area contributed by atoms with Gasteiger partial charge in [-0.1, -0.05) is 6.07 Å². The molecule has 0 bridgehead atoms. The van der Waals surface area contributed by atoms with Crippen molar-refractivity contribution in [1.82, 2.24) is 4.98 Å². The number of hydrogen-bond donors (Lipinski definition) is 3. The number of benzene rings is 2. The van der Waals surface area contributed by atoms with E-state index in [0.717, 1.165) is 25.0 Å². The van der Waals surface area contributed by atoms with Crippen molar-refractivity contribution in [1.29, 1.82) is 0 Å². The van der Waals surface area contributed by atoms with Crippen molar-refractivity contribution in [3.8, 4) is 11.5 Å². The lowest BCUT2D eigenvalue weighted by Crippen LogP contribution is -2.18. The summed E-state index contributed by atoms with van der Waals surface area (Å²) in [5.41, 5.74) is -0.744. The zero-order chi connectivity index (χ0) is 30.3. The van der Waals surface area contributed by atoms with Gasteiger partial charge in [-0.25, -0.2) is 9.37 Å². The van der Waals surface area contributed by atoms with Gasteiger partial charge in [0.1, 0.15) is 18.2 Å². The van der Waals surface area contributed by atoms with Crippen LogP contribution in [0.2, 0.25) is 0 Å². The molecule has 0 aliphatic heterocycles. The number of carbonyl (C=O) groups excluding carboxylic acids is 3. The molecule has 0 spiro atoms. The Hall–Kier alpha value is -4.52. The second-order valence-corrected chi connectivity index (χ2v) is 9.69. The minimum atomic E-state index is -4.70. The summed E-state index contributed by atoms with van der Waals surface area (Å²) in [4.78, 5) is 40.2. The molecule has 1 fully saturated rings. The van der Waals surface area contributed by atoms with Gasteiger partial charge in [0.05, 0.1) is 5.56 Å². The lowest BCUT2D eigenvalue weighted by molar-refractivity contribution is -0.137. The van der Waals surface area contributed by atoms with E-state index in [1.807, 2.05) is 0 Å². The van der Waals surface area contributed by atoms with Crippen molar-refractivity contribution in [3.05, 3.63) is 71.7 Å². The van der Waals surface area contributed by atoms with E-state index in [4.69, 9.17) is 4.74 Å². The van der Waals surface area contributed by atoms with Crippen molar-refractivity contribution < 1.29 is 41.4 Å². The molecule has 3 amide bonds. The topological polar surface area (TPSA) is 119 Å². The van der Waals surface area contributed by atoms with E-state index in [0.29, 0.717) is 17.8 Å². The molecule has 1 aliphatic rings. The van der Waals surface area contributed by atoms with Gasteiger partial charge in [-0.3, -0.25) is 14.4 Å². The number of hydrogen-bond acceptors (Lipinski definition) is 6. The number of anilines is 3. The molecule has 3 N–H and O–H groups in total. The number of aryl methyl sites for hydroxylation is 1. The number of amides is 3. The molecule has 0 unspecified atom stereocenters. The number of carbonyl (C=O) groups is 3. The summed E-state index contributed by atoms with van der Waals surface area (Å²) in [5.74, 6) is -1.40. The van der Waals surface area contributed by atoms with Crippen molar-refractivity contribution in [2.24, 2.45) is 5.92 Å². The van der Waals surface area contributed by atoms with Crippen LogP contribution in [0.5, 0.6) is 11.5 Å². The number of alkyl halides is 3. The minimum Gasteiger partial charge on any atom is -0.454 e. The quantitative estimate of drug-likeness (QED) is 0.226. The Balaban J connectivity index is 1.30. The zero-order valence-electron chi connectivity index (χ0n) is 22.5. The zero-order valence-corrected chi connectivity index (χ0v) is 22.5. The molecule has 3 aromatic rings. The number of nitrogens with zero attached hydrogens (tertiary/aromatic N) is 1. The van der Waals surface area contributed by atoms with Crippen LogP contribution in [0.25, 0.3) is 0 Å². The number of rotatable bonds is 12. The Kier molecular flexibility index (Phi) is 9.73. The molecule has 4 rings (SSSR count). The van der Waals surface area contributed by atoms with Crippen molar-refractivity contribution in [2.45, 2.75) is 38.3 Å². The summed E-state index contributed by atoms with van der Waals surface area (Å²) < 4.78 is 65.0. The fourth-order valence-corrected chi connectivity index (χ4v) is 3.97. The van der Waals surface area contributed by atoms with Gasteiger partial charge in [-0.2, -0.15) is 13.2 Å². The molecule has 222 valence electrons. The number of aromatic nitrogens is 1. The summed E-state index contributed by atoms with van der Waals surface area (Å²) in [6.07, 6.45) is -1.02. The third kappa shape index (κ3) is 8.99. The first-order valence-electron chi connectivity index (χ1n) is 13.0. The number of ether oxygens (including phenoxy) is 2. The van der Waals surface area contributed by atoms with Crippen LogP contribution in [0, 0.1) is 11.7 Å². The molecule has 1 aliphatic carbocycles. The molecular formula is C29H28F4N4O5. The Bertz CT molecular complexity index is 1460. The van der Waals surface area contributed by atoms with Crippen LogP contribution in [-0.4, -0.2) is 36.4 Å². The van der Waals surface area contributed by atoms with Crippen LogP contribution in [-0.2, 0) is 31.7 Å². The normalized spacial score (nSPS) is 12.9. The Morgan fingerprint density at radius 2 is 1.67 bits per heavy atom. The molecule has 13 heteroatoms. The first-order valence-corrected chi connectivity index (χ1v) is 13.0.